The first-order valence-electron chi connectivity index (χ1n) is 14.0. The summed E-state index contributed by atoms with van der Waals surface area (Å²) in [7, 11) is 0. The monoisotopic (exact) mass is 604 g/mol. The number of benzene rings is 1. The fourth-order valence-corrected chi connectivity index (χ4v) is 3.96. The van der Waals surface area contributed by atoms with Crippen molar-refractivity contribution in [2.24, 2.45) is 5.11 Å². The van der Waals surface area contributed by atoms with Gasteiger partial charge in [0, 0.05) is 51.1 Å². The van der Waals surface area contributed by atoms with Crippen LogP contribution in [0.25, 0.3) is 10.4 Å². The lowest BCUT2D eigenvalue weighted by Crippen LogP contribution is -2.55. The number of morpholine rings is 1. The molecule has 0 spiro atoms. The number of nitrogens with zero attached hydrogens (tertiary/aromatic N) is 4. The molecule has 236 valence electrons. The van der Waals surface area contributed by atoms with Gasteiger partial charge in [0.1, 0.15) is 18.7 Å². The van der Waals surface area contributed by atoms with Gasteiger partial charge in [-0.25, -0.2) is 0 Å². The highest BCUT2D eigenvalue weighted by Crippen LogP contribution is 2.05. The Kier molecular flexibility index (Phi) is 16.8. The minimum absolute atomic E-state index is 0.0192. The first-order valence-corrected chi connectivity index (χ1v) is 14.0. The summed E-state index contributed by atoms with van der Waals surface area (Å²) in [5.74, 6) is -3.28. The summed E-state index contributed by atoms with van der Waals surface area (Å²) in [5, 5.41) is 13.6. The molecule has 2 rings (SSSR count). The maximum absolute atomic E-state index is 13.2. The maximum Gasteiger partial charge on any atom is 0.308 e. The number of nitrogens with one attached hydrogen (secondary N) is 4. The van der Waals surface area contributed by atoms with Crippen molar-refractivity contribution in [1.82, 2.24) is 26.2 Å². The maximum atomic E-state index is 13.2. The normalized spacial score (nSPS) is 14.3. The number of rotatable bonds is 19. The van der Waals surface area contributed by atoms with Crippen molar-refractivity contribution >= 4 is 29.6 Å². The van der Waals surface area contributed by atoms with E-state index in [-0.39, 0.29) is 39.3 Å². The molecular weight excluding hydrogens is 564 g/mol. The third-order valence-corrected chi connectivity index (χ3v) is 6.13. The Balaban J connectivity index is 1.97. The van der Waals surface area contributed by atoms with Gasteiger partial charge in [-0.3, -0.25) is 28.9 Å². The fourth-order valence-electron chi connectivity index (χ4n) is 3.96. The summed E-state index contributed by atoms with van der Waals surface area (Å²) in [6, 6.07) is 6.28. The van der Waals surface area contributed by atoms with E-state index < -0.39 is 48.1 Å². The van der Waals surface area contributed by atoms with Gasteiger partial charge in [-0.05, 0) is 11.1 Å². The summed E-state index contributed by atoms with van der Waals surface area (Å²) in [5.41, 5.74) is 9.04. The Hall–Kier alpha value is -4.24. The Labute approximate surface area is 249 Å². The molecule has 16 nitrogen and oxygen atoms in total. The van der Waals surface area contributed by atoms with Crippen molar-refractivity contribution in [2.75, 3.05) is 65.7 Å². The zero-order chi connectivity index (χ0) is 31.3. The lowest BCUT2D eigenvalue weighted by Gasteiger charge is -2.26. The van der Waals surface area contributed by atoms with Crippen molar-refractivity contribution in [3.8, 4) is 0 Å². The van der Waals surface area contributed by atoms with Crippen LogP contribution in [0.5, 0.6) is 0 Å². The van der Waals surface area contributed by atoms with Crippen molar-refractivity contribution < 1.29 is 38.2 Å². The molecule has 43 heavy (non-hydrogen) atoms. The van der Waals surface area contributed by atoms with E-state index in [0.717, 1.165) is 18.7 Å². The number of carbonyl (C=O) groups is 5. The van der Waals surface area contributed by atoms with Crippen LogP contribution in [0.1, 0.15) is 25.3 Å². The van der Waals surface area contributed by atoms with Crippen molar-refractivity contribution in [3.05, 3.63) is 46.3 Å². The Morgan fingerprint density at radius 3 is 2.40 bits per heavy atom. The molecule has 1 aliphatic heterocycles. The molecule has 0 bridgehead atoms. The first-order chi connectivity index (χ1) is 20.8. The van der Waals surface area contributed by atoms with Crippen LogP contribution < -0.4 is 21.3 Å². The number of esters is 1. The Bertz CT molecular complexity index is 1090. The smallest absolute Gasteiger partial charge is 0.308 e. The third kappa shape index (κ3) is 15.5. The number of azide groups is 1. The molecule has 0 aliphatic carbocycles. The fraction of sp³-hybridized carbons (Fsp3) is 0.593. The van der Waals surface area contributed by atoms with Gasteiger partial charge in [-0.1, -0.05) is 35.4 Å². The number of amides is 4. The zero-order valence-electron chi connectivity index (χ0n) is 24.3. The van der Waals surface area contributed by atoms with E-state index in [1.807, 2.05) is 6.07 Å². The highest BCUT2D eigenvalue weighted by Gasteiger charge is 2.30. The molecule has 16 heteroatoms. The first kappa shape index (κ1) is 35.0. The average Bonchev–Trinajstić information content (AvgIpc) is 2.99. The summed E-state index contributed by atoms with van der Waals surface area (Å²) in [6.07, 6.45) is -0.874. The molecule has 1 fully saturated rings. The van der Waals surface area contributed by atoms with E-state index in [1.54, 1.807) is 24.3 Å². The molecule has 0 saturated carbocycles. The molecule has 0 unspecified atom stereocenters. The molecule has 1 heterocycles. The van der Waals surface area contributed by atoms with E-state index in [9.17, 15) is 24.0 Å². The minimum Gasteiger partial charge on any atom is -0.461 e. The highest BCUT2D eigenvalue weighted by molar-refractivity contribution is 5.95. The van der Waals surface area contributed by atoms with Gasteiger partial charge in [-0.2, -0.15) is 0 Å². The SMILES string of the molecule is CC(=O)N[C@@H](CC(=O)OCc1ccccc1)C(=O)N[C@@H](CC(=O)NCCN1CCOCC1)C(=O)NCCOCCN=[N+]=[N-]. The quantitative estimate of drug-likeness (QED) is 0.0520. The Morgan fingerprint density at radius 2 is 1.70 bits per heavy atom. The van der Waals surface area contributed by atoms with Crippen LogP contribution in [0, 0.1) is 0 Å². The molecular formula is C27H40N8O8. The minimum atomic E-state index is -1.34. The topological polar surface area (TPSA) is 213 Å². The van der Waals surface area contributed by atoms with Crippen LogP contribution >= 0.6 is 0 Å². The second-order valence-electron chi connectivity index (χ2n) is 9.53. The largest absolute Gasteiger partial charge is 0.461 e. The summed E-state index contributed by atoms with van der Waals surface area (Å²) >= 11 is 0. The van der Waals surface area contributed by atoms with E-state index in [2.05, 4.69) is 36.2 Å². The van der Waals surface area contributed by atoms with Gasteiger partial charge in [-0.15, -0.1) is 0 Å². The van der Waals surface area contributed by atoms with E-state index in [4.69, 9.17) is 19.7 Å². The van der Waals surface area contributed by atoms with Crippen LogP contribution in [0.15, 0.2) is 35.4 Å². The summed E-state index contributed by atoms with van der Waals surface area (Å²) in [4.78, 5) is 67.9. The van der Waals surface area contributed by atoms with Gasteiger partial charge >= 0.3 is 5.97 Å². The van der Waals surface area contributed by atoms with Gasteiger partial charge in [0.05, 0.1) is 39.3 Å². The number of hydrogen-bond acceptors (Lipinski definition) is 10. The second kappa shape index (κ2) is 20.6. The molecule has 1 aromatic rings. The molecule has 4 amide bonds. The number of hydrogen-bond donors (Lipinski definition) is 4. The van der Waals surface area contributed by atoms with E-state index >= 15 is 0 Å². The predicted octanol–water partition coefficient (Wildman–Crippen LogP) is -0.609. The highest BCUT2D eigenvalue weighted by atomic mass is 16.5. The van der Waals surface area contributed by atoms with Crippen molar-refractivity contribution in [1.29, 1.82) is 0 Å². The van der Waals surface area contributed by atoms with Crippen LogP contribution in [0.3, 0.4) is 0 Å². The van der Waals surface area contributed by atoms with Gasteiger partial charge in [0.25, 0.3) is 0 Å². The molecule has 0 radical (unpaired) electrons. The molecule has 1 aromatic carbocycles. The van der Waals surface area contributed by atoms with Crippen LogP contribution in [0.4, 0.5) is 0 Å². The van der Waals surface area contributed by atoms with Crippen LogP contribution in [-0.2, 0) is 44.8 Å². The van der Waals surface area contributed by atoms with Crippen LogP contribution in [0.2, 0.25) is 0 Å². The van der Waals surface area contributed by atoms with Gasteiger partial charge in [0.15, 0.2) is 0 Å². The van der Waals surface area contributed by atoms with E-state index in [0.29, 0.717) is 26.3 Å². The predicted molar refractivity (Wildman–Crippen MR) is 153 cm³/mol. The summed E-state index contributed by atoms with van der Waals surface area (Å²) in [6.45, 7) is 5.28. The van der Waals surface area contributed by atoms with Gasteiger partial charge < -0.3 is 35.5 Å². The molecule has 0 aromatic heterocycles. The van der Waals surface area contributed by atoms with E-state index in [1.165, 1.54) is 6.92 Å². The molecule has 1 aliphatic rings. The van der Waals surface area contributed by atoms with Gasteiger partial charge in [0.2, 0.25) is 23.6 Å². The average molecular weight is 605 g/mol. The standard InChI is InChI=1S/C27H40N8O8/c1-20(36)32-23(18-25(38)43-19-21-5-3-2-4-6-21)27(40)33-22(26(39)30-8-13-41-14-9-31-34-28)17-24(37)29-7-10-35-11-15-42-16-12-35/h2-6,22-23H,7-19H2,1H3,(H,29,37)(H,30,39)(H,32,36)(H,33,40)/t22-,23-/m0/s1. The number of carbonyl (C=O) groups excluding carboxylic acids is 5. The second-order valence-corrected chi connectivity index (χ2v) is 9.53. The zero-order valence-corrected chi connectivity index (χ0v) is 24.3. The third-order valence-electron chi connectivity index (χ3n) is 6.13. The number of ether oxygens (including phenoxy) is 3. The van der Waals surface area contributed by atoms with Crippen molar-refractivity contribution in [2.45, 2.75) is 38.5 Å². The van der Waals surface area contributed by atoms with Crippen LogP contribution in [-0.4, -0.2) is 112 Å². The molecule has 1 saturated heterocycles. The molecule has 2 atom stereocenters. The Morgan fingerprint density at radius 1 is 0.977 bits per heavy atom. The lowest BCUT2D eigenvalue weighted by molar-refractivity contribution is -0.147. The lowest BCUT2D eigenvalue weighted by atomic mass is 10.1. The van der Waals surface area contributed by atoms with Crippen molar-refractivity contribution in [3.63, 3.8) is 0 Å². The molecule has 4 N–H and O–H groups in total. The summed E-state index contributed by atoms with van der Waals surface area (Å²) < 4.78 is 15.8.